The number of amides is 1. The first-order chi connectivity index (χ1) is 14.5. The molecule has 1 aliphatic rings. The van der Waals surface area contributed by atoms with E-state index in [1.807, 2.05) is 12.1 Å². The van der Waals surface area contributed by atoms with Crippen LogP contribution in [-0.4, -0.2) is 26.2 Å². The fraction of sp³-hybridized carbons (Fsp3) is 0.238. The van der Waals surface area contributed by atoms with Crippen LogP contribution >= 0.6 is 35.0 Å². The molecule has 0 bridgehead atoms. The summed E-state index contributed by atoms with van der Waals surface area (Å²) in [5, 5.41) is 4.23. The number of hydrogen-bond acceptors (Lipinski definition) is 5. The van der Waals surface area contributed by atoms with Crippen molar-refractivity contribution in [3.8, 4) is 0 Å². The van der Waals surface area contributed by atoms with E-state index in [4.69, 9.17) is 23.2 Å². The fourth-order valence-corrected chi connectivity index (χ4v) is 4.62. The van der Waals surface area contributed by atoms with Crippen LogP contribution in [0, 0.1) is 0 Å². The lowest BCUT2D eigenvalue weighted by atomic mass is 10.2. The Kier molecular flexibility index (Phi) is 6.41. The lowest BCUT2D eigenvalue weighted by Crippen LogP contribution is -2.28. The molecule has 0 unspecified atom stereocenters. The van der Waals surface area contributed by atoms with E-state index in [0.717, 1.165) is 36.1 Å². The number of halogens is 2. The standard InChI is InChI=1S/C21H18Cl2N4O2S/c22-16-5-4-14(10-17(16)23)25-19(28)12-30-20-15-2-1-3-18(15)27(21(29)26-20)11-13-6-8-24-9-7-13/h4-10H,1-3,11-12H2,(H,25,28). The second-order valence-corrected chi connectivity index (χ2v) is 8.66. The van der Waals surface area contributed by atoms with Crippen molar-refractivity contribution < 1.29 is 4.79 Å². The highest BCUT2D eigenvalue weighted by molar-refractivity contribution is 8.00. The largest absolute Gasteiger partial charge is 0.349 e. The molecule has 3 aromatic rings. The van der Waals surface area contributed by atoms with Gasteiger partial charge in [-0.25, -0.2) is 4.79 Å². The molecular formula is C21H18Cl2N4O2S. The van der Waals surface area contributed by atoms with Gasteiger partial charge in [-0.2, -0.15) is 4.98 Å². The van der Waals surface area contributed by atoms with Crippen molar-refractivity contribution >= 4 is 46.6 Å². The van der Waals surface area contributed by atoms with Crippen LogP contribution in [-0.2, 0) is 24.2 Å². The van der Waals surface area contributed by atoms with Crippen LogP contribution in [0.5, 0.6) is 0 Å². The first-order valence-electron chi connectivity index (χ1n) is 9.40. The Bertz CT molecular complexity index is 1150. The molecule has 0 aliphatic heterocycles. The highest BCUT2D eigenvalue weighted by Crippen LogP contribution is 2.30. The molecule has 9 heteroatoms. The average Bonchev–Trinajstić information content (AvgIpc) is 3.22. The summed E-state index contributed by atoms with van der Waals surface area (Å²) in [6, 6.07) is 8.70. The molecular weight excluding hydrogens is 443 g/mol. The SMILES string of the molecule is O=C(CSc1nc(=O)n(Cc2ccncc2)c2c1CCC2)Nc1ccc(Cl)c(Cl)c1. The van der Waals surface area contributed by atoms with E-state index in [1.54, 1.807) is 35.2 Å². The van der Waals surface area contributed by atoms with Crippen molar-refractivity contribution in [1.82, 2.24) is 14.5 Å². The Morgan fingerprint density at radius 3 is 2.70 bits per heavy atom. The number of aromatic nitrogens is 3. The molecule has 1 aliphatic carbocycles. The fourth-order valence-electron chi connectivity index (χ4n) is 3.44. The predicted octanol–water partition coefficient (Wildman–Crippen LogP) is 4.21. The average molecular weight is 461 g/mol. The zero-order chi connectivity index (χ0) is 21.1. The Morgan fingerprint density at radius 1 is 1.13 bits per heavy atom. The Morgan fingerprint density at radius 2 is 1.93 bits per heavy atom. The normalized spacial score (nSPS) is 12.6. The summed E-state index contributed by atoms with van der Waals surface area (Å²) < 4.78 is 1.73. The van der Waals surface area contributed by atoms with Crippen molar-refractivity contribution in [3.63, 3.8) is 0 Å². The molecule has 0 spiro atoms. The van der Waals surface area contributed by atoms with Crippen LogP contribution in [0.2, 0.25) is 10.0 Å². The van der Waals surface area contributed by atoms with Crippen molar-refractivity contribution in [2.75, 3.05) is 11.1 Å². The van der Waals surface area contributed by atoms with E-state index in [2.05, 4.69) is 15.3 Å². The molecule has 1 N–H and O–H groups in total. The van der Waals surface area contributed by atoms with Gasteiger partial charge >= 0.3 is 5.69 Å². The van der Waals surface area contributed by atoms with E-state index < -0.39 is 0 Å². The molecule has 6 nitrogen and oxygen atoms in total. The van der Waals surface area contributed by atoms with Gasteiger partial charge in [-0.15, -0.1) is 0 Å². The molecule has 4 rings (SSSR count). The second kappa shape index (κ2) is 9.20. The van der Waals surface area contributed by atoms with Crippen molar-refractivity contribution in [2.45, 2.75) is 30.8 Å². The third-order valence-electron chi connectivity index (χ3n) is 4.83. The molecule has 1 amide bonds. The number of benzene rings is 1. The molecule has 2 heterocycles. The third-order valence-corrected chi connectivity index (χ3v) is 6.59. The smallest absolute Gasteiger partial charge is 0.325 e. The number of nitrogens with zero attached hydrogens (tertiary/aromatic N) is 3. The second-order valence-electron chi connectivity index (χ2n) is 6.89. The topological polar surface area (TPSA) is 76.9 Å². The van der Waals surface area contributed by atoms with Crippen LogP contribution in [0.15, 0.2) is 52.5 Å². The highest BCUT2D eigenvalue weighted by atomic mass is 35.5. The van der Waals surface area contributed by atoms with E-state index in [1.165, 1.54) is 11.8 Å². The summed E-state index contributed by atoms with van der Waals surface area (Å²) >= 11 is 13.2. The summed E-state index contributed by atoms with van der Waals surface area (Å²) in [6.45, 7) is 0.472. The summed E-state index contributed by atoms with van der Waals surface area (Å²) in [5.74, 6) is -0.0547. The minimum atomic E-state index is -0.292. The number of carbonyl (C=O) groups is 1. The van der Waals surface area contributed by atoms with Gasteiger partial charge in [0.25, 0.3) is 0 Å². The maximum atomic E-state index is 12.7. The lowest BCUT2D eigenvalue weighted by Gasteiger charge is -2.14. The lowest BCUT2D eigenvalue weighted by molar-refractivity contribution is -0.113. The van der Waals surface area contributed by atoms with Gasteiger partial charge in [0, 0.05) is 29.3 Å². The van der Waals surface area contributed by atoms with E-state index >= 15 is 0 Å². The quantitative estimate of drug-likeness (QED) is 0.440. The summed E-state index contributed by atoms with van der Waals surface area (Å²) in [6.07, 6.45) is 6.09. The van der Waals surface area contributed by atoms with E-state index in [0.29, 0.717) is 27.3 Å². The number of rotatable bonds is 6. The number of fused-ring (bicyclic) bond motifs is 1. The summed E-state index contributed by atoms with van der Waals surface area (Å²) in [4.78, 5) is 33.4. The van der Waals surface area contributed by atoms with Crippen molar-refractivity contribution in [1.29, 1.82) is 0 Å². The number of thioether (sulfide) groups is 1. The number of nitrogens with one attached hydrogen (secondary N) is 1. The zero-order valence-corrected chi connectivity index (χ0v) is 18.2. The molecule has 30 heavy (non-hydrogen) atoms. The minimum Gasteiger partial charge on any atom is -0.325 e. The van der Waals surface area contributed by atoms with Gasteiger partial charge in [-0.3, -0.25) is 14.3 Å². The zero-order valence-electron chi connectivity index (χ0n) is 15.9. The molecule has 0 saturated heterocycles. The van der Waals surface area contributed by atoms with Gasteiger partial charge in [-0.1, -0.05) is 35.0 Å². The monoisotopic (exact) mass is 460 g/mol. The Hall–Kier alpha value is -2.35. The molecule has 154 valence electrons. The third kappa shape index (κ3) is 4.69. The van der Waals surface area contributed by atoms with Crippen LogP contribution < -0.4 is 11.0 Å². The van der Waals surface area contributed by atoms with Gasteiger partial charge in [0.05, 0.1) is 22.3 Å². The van der Waals surface area contributed by atoms with Gasteiger partial charge in [-0.05, 0) is 55.2 Å². The first kappa shape index (κ1) is 20.9. The maximum Gasteiger partial charge on any atom is 0.349 e. The Balaban J connectivity index is 1.49. The number of pyridine rings is 1. The first-order valence-corrected chi connectivity index (χ1v) is 11.1. The molecule has 1 aromatic carbocycles. The molecule has 0 radical (unpaired) electrons. The van der Waals surface area contributed by atoms with Gasteiger partial charge < -0.3 is 5.32 Å². The number of carbonyl (C=O) groups excluding carboxylic acids is 1. The summed E-state index contributed by atoms with van der Waals surface area (Å²) in [7, 11) is 0. The van der Waals surface area contributed by atoms with Gasteiger partial charge in [0.15, 0.2) is 0 Å². The molecule has 0 fully saturated rings. The van der Waals surface area contributed by atoms with Gasteiger partial charge in [0.2, 0.25) is 5.91 Å². The van der Waals surface area contributed by atoms with E-state index in [-0.39, 0.29) is 17.3 Å². The predicted molar refractivity (Wildman–Crippen MR) is 120 cm³/mol. The molecule has 2 aromatic heterocycles. The highest BCUT2D eigenvalue weighted by Gasteiger charge is 2.22. The van der Waals surface area contributed by atoms with Crippen LogP contribution in [0.25, 0.3) is 0 Å². The number of hydrogen-bond donors (Lipinski definition) is 1. The van der Waals surface area contributed by atoms with E-state index in [9.17, 15) is 9.59 Å². The van der Waals surface area contributed by atoms with Crippen LogP contribution in [0.1, 0.15) is 23.2 Å². The van der Waals surface area contributed by atoms with Crippen molar-refractivity contribution in [3.05, 3.63) is 80.1 Å². The van der Waals surface area contributed by atoms with Crippen molar-refractivity contribution in [2.24, 2.45) is 0 Å². The van der Waals surface area contributed by atoms with Crippen LogP contribution in [0.4, 0.5) is 5.69 Å². The molecule has 0 atom stereocenters. The summed E-state index contributed by atoms with van der Waals surface area (Å²) in [5.41, 5.74) is 3.36. The Labute approximate surface area is 187 Å². The maximum absolute atomic E-state index is 12.7. The van der Waals surface area contributed by atoms with Gasteiger partial charge in [0.1, 0.15) is 5.03 Å². The molecule has 0 saturated carbocycles. The van der Waals surface area contributed by atoms with Crippen LogP contribution in [0.3, 0.4) is 0 Å². The number of anilines is 1. The minimum absolute atomic E-state index is 0.146.